The summed E-state index contributed by atoms with van der Waals surface area (Å²) in [5.74, 6) is 0.292. The van der Waals surface area contributed by atoms with Crippen LogP contribution in [0.15, 0.2) is 55.0 Å². The lowest BCUT2D eigenvalue weighted by Crippen LogP contribution is -2.34. The number of hydrogen-bond donors (Lipinski definition) is 1. The molecule has 0 bridgehead atoms. The minimum Gasteiger partial charge on any atom is -0.505 e. The molecular weight excluding hydrogens is 298 g/mol. The van der Waals surface area contributed by atoms with E-state index in [-0.39, 0.29) is 6.04 Å². The van der Waals surface area contributed by atoms with Crippen molar-refractivity contribution in [1.82, 2.24) is 14.9 Å². The monoisotopic (exact) mass is 319 g/mol. The molecule has 3 heterocycles. The van der Waals surface area contributed by atoms with Crippen LogP contribution >= 0.6 is 0 Å². The van der Waals surface area contributed by atoms with Crippen molar-refractivity contribution in [3.63, 3.8) is 0 Å². The van der Waals surface area contributed by atoms with E-state index in [9.17, 15) is 5.11 Å². The average Bonchev–Trinajstić information content (AvgIpc) is 2.66. The number of phenols is 1. The minimum atomic E-state index is 0.0414. The van der Waals surface area contributed by atoms with E-state index in [0.717, 1.165) is 29.6 Å². The van der Waals surface area contributed by atoms with Crippen LogP contribution in [-0.4, -0.2) is 33.1 Å². The second-order valence-corrected chi connectivity index (χ2v) is 6.36. The first-order chi connectivity index (χ1) is 11.8. The summed E-state index contributed by atoms with van der Waals surface area (Å²) in [6.45, 7) is 2.10. The van der Waals surface area contributed by atoms with Gasteiger partial charge in [-0.3, -0.25) is 14.9 Å². The lowest BCUT2D eigenvalue weighted by molar-refractivity contribution is 0.185. The van der Waals surface area contributed by atoms with Crippen molar-refractivity contribution in [2.75, 3.05) is 13.1 Å². The maximum Gasteiger partial charge on any atom is 0.146 e. The minimum absolute atomic E-state index is 0.0414. The first-order valence-electron chi connectivity index (χ1n) is 8.55. The number of nitrogens with zero attached hydrogens (tertiary/aromatic N) is 3. The quantitative estimate of drug-likeness (QED) is 0.795. The molecule has 1 aliphatic heterocycles. The number of pyridine rings is 2. The number of likely N-dealkylation sites (tertiary alicyclic amines) is 1. The van der Waals surface area contributed by atoms with Crippen LogP contribution in [0.3, 0.4) is 0 Å². The fourth-order valence-electron chi connectivity index (χ4n) is 3.68. The molecule has 1 aromatic carbocycles. The molecule has 0 amide bonds. The van der Waals surface area contributed by atoms with Gasteiger partial charge in [-0.2, -0.15) is 0 Å². The molecule has 0 unspecified atom stereocenters. The Bertz CT molecular complexity index is 829. The first kappa shape index (κ1) is 15.1. The van der Waals surface area contributed by atoms with Crippen LogP contribution in [-0.2, 0) is 0 Å². The molecule has 1 saturated heterocycles. The number of benzene rings is 1. The van der Waals surface area contributed by atoms with Crippen molar-refractivity contribution in [1.29, 1.82) is 0 Å². The molecule has 1 atom stereocenters. The number of fused-ring (bicyclic) bond motifs is 1. The largest absolute Gasteiger partial charge is 0.505 e. The van der Waals surface area contributed by atoms with Crippen molar-refractivity contribution in [3.8, 4) is 5.75 Å². The summed E-state index contributed by atoms with van der Waals surface area (Å²) in [7, 11) is 0. The highest BCUT2D eigenvalue weighted by atomic mass is 16.3. The fourth-order valence-corrected chi connectivity index (χ4v) is 3.68. The van der Waals surface area contributed by atoms with Crippen LogP contribution < -0.4 is 0 Å². The molecule has 3 aromatic rings. The topological polar surface area (TPSA) is 49.3 Å². The van der Waals surface area contributed by atoms with Gasteiger partial charge in [0.25, 0.3) is 0 Å². The van der Waals surface area contributed by atoms with Gasteiger partial charge in [-0.15, -0.1) is 0 Å². The van der Waals surface area contributed by atoms with Crippen LogP contribution in [0, 0.1) is 0 Å². The van der Waals surface area contributed by atoms with E-state index >= 15 is 0 Å². The van der Waals surface area contributed by atoms with Crippen molar-refractivity contribution < 1.29 is 5.11 Å². The van der Waals surface area contributed by atoms with E-state index in [1.807, 2.05) is 42.7 Å². The van der Waals surface area contributed by atoms with E-state index in [1.54, 1.807) is 6.20 Å². The molecule has 4 heteroatoms. The number of aromatic nitrogens is 2. The number of piperidine rings is 1. The summed E-state index contributed by atoms with van der Waals surface area (Å²) in [4.78, 5) is 11.0. The van der Waals surface area contributed by atoms with Crippen LogP contribution in [0.1, 0.15) is 36.4 Å². The highest BCUT2D eigenvalue weighted by molar-refractivity contribution is 5.85. The van der Waals surface area contributed by atoms with Gasteiger partial charge in [-0.05, 0) is 49.7 Å². The van der Waals surface area contributed by atoms with Crippen molar-refractivity contribution in [2.24, 2.45) is 0 Å². The summed E-state index contributed by atoms with van der Waals surface area (Å²) in [5.41, 5.74) is 2.76. The molecule has 1 aliphatic rings. The third-order valence-corrected chi connectivity index (χ3v) is 4.85. The van der Waals surface area contributed by atoms with Gasteiger partial charge < -0.3 is 5.11 Å². The number of aromatic hydroxyl groups is 1. The highest BCUT2D eigenvalue weighted by Gasteiger charge is 2.27. The Hall–Kier alpha value is -2.46. The van der Waals surface area contributed by atoms with E-state index in [2.05, 4.69) is 20.9 Å². The lowest BCUT2D eigenvalue weighted by Gasteiger charge is -2.35. The van der Waals surface area contributed by atoms with Crippen LogP contribution in [0.5, 0.6) is 5.75 Å². The Labute approximate surface area is 141 Å². The van der Waals surface area contributed by atoms with Crippen molar-refractivity contribution >= 4 is 10.9 Å². The second kappa shape index (κ2) is 6.57. The van der Waals surface area contributed by atoms with Gasteiger partial charge in [-0.25, -0.2) is 0 Å². The van der Waals surface area contributed by atoms with Gasteiger partial charge in [0.05, 0.1) is 6.04 Å². The van der Waals surface area contributed by atoms with Gasteiger partial charge in [-0.1, -0.05) is 24.6 Å². The van der Waals surface area contributed by atoms with Crippen molar-refractivity contribution in [2.45, 2.75) is 25.3 Å². The van der Waals surface area contributed by atoms with E-state index in [4.69, 9.17) is 0 Å². The van der Waals surface area contributed by atoms with Crippen LogP contribution in [0.2, 0.25) is 0 Å². The maximum atomic E-state index is 10.9. The molecule has 2 aromatic heterocycles. The second-order valence-electron chi connectivity index (χ2n) is 6.36. The standard InChI is InChI=1S/C20H21N3O/c24-20-17(7-6-15-5-4-10-22-18(15)20)19(16-8-11-21-12-9-16)23-13-2-1-3-14-23/h4-12,19,24H,1-3,13-14H2/t19-/m1/s1. The Morgan fingerprint density at radius 2 is 1.71 bits per heavy atom. The predicted molar refractivity (Wildman–Crippen MR) is 94.9 cm³/mol. The molecule has 4 rings (SSSR count). The zero-order chi connectivity index (χ0) is 16.4. The molecule has 1 N–H and O–H groups in total. The summed E-state index contributed by atoms with van der Waals surface area (Å²) in [5, 5.41) is 11.9. The molecule has 1 fully saturated rings. The summed E-state index contributed by atoms with van der Waals surface area (Å²) >= 11 is 0. The van der Waals surface area contributed by atoms with E-state index in [0.29, 0.717) is 11.3 Å². The van der Waals surface area contributed by atoms with Crippen molar-refractivity contribution in [3.05, 3.63) is 66.1 Å². The average molecular weight is 319 g/mol. The first-order valence-corrected chi connectivity index (χ1v) is 8.55. The Kier molecular flexibility index (Phi) is 4.13. The highest BCUT2D eigenvalue weighted by Crippen LogP contribution is 2.38. The maximum absolute atomic E-state index is 10.9. The summed E-state index contributed by atoms with van der Waals surface area (Å²) in [6, 6.07) is 12.1. The number of rotatable bonds is 3. The van der Waals surface area contributed by atoms with Gasteiger partial charge >= 0.3 is 0 Å². The smallest absolute Gasteiger partial charge is 0.146 e. The zero-order valence-corrected chi connectivity index (χ0v) is 13.6. The SMILES string of the molecule is Oc1c([C@@H](c2ccncc2)N2CCCCC2)ccc2cccnc12. The van der Waals surface area contributed by atoms with Gasteiger partial charge in [0, 0.05) is 29.5 Å². The van der Waals surface area contributed by atoms with Gasteiger partial charge in [0.15, 0.2) is 0 Å². The molecule has 0 spiro atoms. The number of hydrogen-bond acceptors (Lipinski definition) is 4. The molecule has 0 saturated carbocycles. The fraction of sp³-hybridized carbons (Fsp3) is 0.300. The third-order valence-electron chi connectivity index (χ3n) is 4.85. The third kappa shape index (κ3) is 2.74. The summed E-state index contributed by atoms with van der Waals surface area (Å²) < 4.78 is 0. The zero-order valence-electron chi connectivity index (χ0n) is 13.6. The Morgan fingerprint density at radius 1 is 0.917 bits per heavy atom. The normalized spacial score (nSPS) is 17.0. The predicted octanol–water partition coefficient (Wildman–Crippen LogP) is 3.91. The molecule has 122 valence electrons. The Morgan fingerprint density at radius 3 is 2.50 bits per heavy atom. The molecular formula is C20H21N3O. The lowest BCUT2D eigenvalue weighted by atomic mass is 9.94. The summed E-state index contributed by atoms with van der Waals surface area (Å²) in [6.07, 6.45) is 9.06. The Balaban J connectivity index is 1.85. The van der Waals surface area contributed by atoms with Crippen LogP contribution in [0.25, 0.3) is 10.9 Å². The molecule has 4 nitrogen and oxygen atoms in total. The van der Waals surface area contributed by atoms with Gasteiger partial charge in [0.2, 0.25) is 0 Å². The van der Waals surface area contributed by atoms with E-state index < -0.39 is 0 Å². The van der Waals surface area contributed by atoms with E-state index in [1.165, 1.54) is 19.3 Å². The molecule has 0 radical (unpaired) electrons. The van der Waals surface area contributed by atoms with Gasteiger partial charge in [0.1, 0.15) is 11.3 Å². The molecule has 24 heavy (non-hydrogen) atoms. The van der Waals surface area contributed by atoms with Crippen LogP contribution in [0.4, 0.5) is 0 Å². The molecule has 0 aliphatic carbocycles. The number of phenolic OH excluding ortho intramolecular Hbond substituents is 1.